The van der Waals surface area contributed by atoms with Gasteiger partial charge in [0.1, 0.15) is 0 Å². The molecule has 0 aliphatic carbocycles. The van der Waals surface area contributed by atoms with E-state index in [1.165, 1.54) is 6.07 Å². The van der Waals surface area contributed by atoms with Gasteiger partial charge in [0, 0.05) is 44.2 Å². The summed E-state index contributed by atoms with van der Waals surface area (Å²) < 4.78 is 1.97. The first-order valence-electron chi connectivity index (χ1n) is 5.65. The predicted molar refractivity (Wildman–Crippen MR) is 67.0 cm³/mol. The summed E-state index contributed by atoms with van der Waals surface area (Å²) in [5.41, 5.74) is 1.04. The van der Waals surface area contributed by atoms with Gasteiger partial charge in [0.25, 0.3) is 5.69 Å². The Balaban J connectivity index is 1.79. The van der Waals surface area contributed by atoms with Gasteiger partial charge in [-0.2, -0.15) is 0 Å². The molecular formula is C12H14N4O2. The normalized spacial score (nSPS) is 10.4. The number of rotatable bonds is 6. The van der Waals surface area contributed by atoms with Crippen molar-refractivity contribution >= 4 is 5.69 Å². The van der Waals surface area contributed by atoms with Crippen LogP contribution in [0.4, 0.5) is 5.69 Å². The van der Waals surface area contributed by atoms with Crippen molar-refractivity contribution in [1.29, 1.82) is 0 Å². The molecule has 0 aliphatic heterocycles. The topological polar surface area (TPSA) is 73.0 Å². The highest BCUT2D eigenvalue weighted by Gasteiger charge is 2.04. The zero-order chi connectivity index (χ0) is 12.8. The summed E-state index contributed by atoms with van der Waals surface area (Å²) in [6.07, 6.45) is 5.39. The molecule has 94 valence electrons. The summed E-state index contributed by atoms with van der Waals surface area (Å²) in [6.45, 7) is 2.24. The largest absolute Gasteiger partial charge is 0.336 e. The fourth-order valence-corrected chi connectivity index (χ4v) is 1.64. The van der Waals surface area contributed by atoms with Crippen LogP contribution in [0, 0.1) is 10.1 Å². The monoisotopic (exact) mass is 246 g/mol. The number of nitro groups is 1. The molecule has 1 N–H and O–H groups in total. The minimum atomic E-state index is -0.380. The van der Waals surface area contributed by atoms with Crippen LogP contribution < -0.4 is 5.32 Å². The maximum Gasteiger partial charge on any atom is 0.269 e. The first-order valence-corrected chi connectivity index (χ1v) is 5.65. The van der Waals surface area contributed by atoms with Crippen LogP contribution in [-0.4, -0.2) is 21.0 Å². The van der Waals surface area contributed by atoms with E-state index < -0.39 is 0 Å². The second-order valence-corrected chi connectivity index (χ2v) is 3.90. The average Bonchev–Trinajstić information content (AvgIpc) is 2.88. The van der Waals surface area contributed by atoms with Crippen LogP contribution in [-0.2, 0) is 13.1 Å². The highest BCUT2D eigenvalue weighted by atomic mass is 16.6. The van der Waals surface area contributed by atoms with Gasteiger partial charge in [0.05, 0.1) is 11.3 Å². The Labute approximate surface area is 104 Å². The number of hydrogen-bond donors (Lipinski definition) is 1. The Kier molecular flexibility index (Phi) is 4.03. The van der Waals surface area contributed by atoms with E-state index in [4.69, 9.17) is 0 Å². The standard InChI is InChI=1S/C12H14N4O2/c17-16(18)12-3-1-2-11(8-12)9-13-4-6-15-7-5-14-10-15/h1-3,5,7-8,10,13H,4,6,9H2. The maximum absolute atomic E-state index is 10.6. The third-order valence-corrected chi connectivity index (χ3v) is 2.56. The highest BCUT2D eigenvalue weighted by molar-refractivity contribution is 5.34. The molecule has 0 unspecified atom stereocenters. The lowest BCUT2D eigenvalue weighted by Gasteiger charge is -2.05. The maximum atomic E-state index is 10.6. The van der Waals surface area contributed by atoms with Crippen molar-refractivity contribution in [2.45, 2.75) is 13.1 Å². The lowest BCUT2D eigenvalue weighted by atomic mass is 10.2. The van der Waals surface area contributed by atoms with Gasteiger partial charge in [-0.3, -0.25) is 10.1 Å². The molecule has 2 rings (SSSR count). The average molecular weight is 246 g/mol. The second-order valence-electron chi connectivity index (χ2n) is 3.90. The van der Waals surface area contributed by atoms with Crippen molar-refractivity contribution in [3.8, 4) is 0 Å². The number of nitrogens with zero attached hydrogens (tertiary/aromatic N) is 3. The lowest BCUT2D eigenvalue weighted by Crippen LogP contribution is -2.18. The SMILES string of the molecule is O=[N+]([O-])c1cccc(CNCCn2ccnc2)c1. The van der Waals surface area contributed by atoms with Crippen molar-refractivity contribution < 1.29 is 4.92 Å². The molecule has 2 aromatic rings. The van der Waals surface area contributed by atoms with Gasteiger partial charge in [-0.05, 0) is 5.56 Å². The van der Waals surface area contributed by atoms with Gasteiger partial charge in [0.2, 0.25) is 0 Å². The number of imidazole rings is 1. The molecule has 6 heteroatoms. The first-order chi connectivity index (χ1) is 8.75. The van der Waals surface area contributed by atoms with E-state index >= 15 is 0 Å². The minimum absolute atomic E-state index is 0.129. The molecule has 0 aliphatic rings. The molecule has 0 atom stereocenters. The molecular weight excluding hydrogens is 232 g/mol. The smallest absolute Gasteiger partial charge is 0.269 e. The van der Waals surface area contributed by atoms with Crippen molar-refractivity contribution in [2.24, 2.45) is 0 Å². The number of aromatic nitrogens is 2. The van der Waals surface area contributed by atoms with E-state index in [1.54, 1.807) is 24.7 Å². The van der Waals surface area contributed by atoms with E-state index in [2.05, 4.69) is 10.3 Å². The Morgan fingerprint density at radius 2 is 2.33 bits per heavy atom. The van der Waals surface area contributed by atoms with E-state index in [9.17, 15) is 10.1 Å². The summed E-state index contributed by atoms with van der Waals surface area (Å²) in [5, 5.41) is 13.8. The van der Waals surface area contributed by atoms with E-state index in [0.29, 0.717) is 6.54 Å². The summed E-state index contributed by atoms with van der Waals surface area (Å²) in [4.78, 5) is 14.2. The molecule has 0 spiro atoms. The fraction of sp³-hybridized carbons (Fsp3) is 0.250. The van der Waals surface area contributed by atoms with Crippen LogP contribution in [0.3, 0.4) is 0 Å². The van der Waals surface area contributed by atoms with Gasteiger partial charge >= 0.3 is 0 Å². The molecule has 1 heterocycles. The van der Waals surface area contributed by atoms with Gasteiger partial charge in [-0.1, -0.05) is 12.1 Å². The number of benzene rings is 1. The van der Waals surface area contributed by atoms with Crippen LogP contribution in [0.15, 0.2) is 43.0 Å². The van der Waals surface area contributed by atoms with Gasteiger partial charge in [0.15, 0.2) is 0 Å². The van der Waals surface area contributed by atoms with Crippen LogP contribution in [0.2, 0.25) is 0 Å². The van der Waals surface area contributed by atoms with Crippen LogP contribution in [0.1, 0.15) is 5.56 Å². The third-order valence-electron chi connectivity index (χ3n) is 2.56. The third kappa shape index (κ3) is 3.39. The zero-order valence-corrected chi connectivity index (χ0v) is 9.82. The highest BCUT2D eigenvalue weighted by Crippen LogP contribution is 2.12. The Morgan fingerprint density at radius 3 is 3.06 bits per heavy atom. The zero-order valence-electron chi connectivity index (χ0n) is 9.82. The quantitative estimate of drug-likeness (QED) is 0.477. The molecule has 0 saturated heterocycles. The van der Waals surface area contributed by atoms with Crippen LogP contribution >= 0.6 is 0 Å². The Morgan fingerprint density at radius 1 is 1.44 bits per heavy atom. The van der Waals surface area contributed by atoms with E-state index in [1.807, 2.05) is 16.8 Å². The van der Waals surface area contributed by atoms with Gasteiger partial charge < -0.3 is 9.88 Å². The van der Waals surface area contributed by atoms with Crippen molar-refractivity contribution in [2.75, 3.05) is 6.54 Å². The van der Waals surface area contributed by atoms with Crippen molar-refractivity contribution in [1.82, 2.24) is 14.9 Å². The Hall–Kier alpha value is -2.21. The first kappa shape index (κ1) is 12.3. The number of nitro benzene ring substituents is 1. The minimum Gasteiger partial charge on any atom is -0.336 e. The van der Waals surface area contributed by atoms with Gasteiger partial charge in [-0.25, -0.2) is 4.98 Å². The number of hydrogen-bond acceptors (Lipinski definition) is 4. The fourth-order valence-electron chi connectivity index (χ4n) is 1.64. The summed E-state index contributed by atoms with van der Waals surface area (Å²) >= 11 is 0. The molecule has 0 saturated carbocycles. The van der Waals surface area contributed by atoms with Crippen LogP contribution in [0.5, 0.6) is 0 Å². The molecule has 0 bridgehead atoms. The second kappa shape index (κ2) is 5.92. The predicted octanol–water partition coefficient (Wildman–Crippen LogP) is 1.58. The molecule has 0 amide bonds. The molecule has 18 heavy (non-hydrogen) atoms. The molecule has 0 fully saturated rings. The van der Waals surface area contributed by atoms with E-state index in [-0.39, 0.29) is 10.6 Å². The van der Waals surface area contributed by atoms with Gasteiger partial charge in [-0.15, -0.1) is 0 Å². The molecule has 1 aromatic carbocycles. The molecule has 0 radical (unpaired) electrons. The van der Waals surface area contributed by atoms with Crippen LogP contribution in [0.25, 0.3) is 0 Å². The molecule has 6 nitrogen and oxygen atoms in total. The summed E-state index contributed by atoms with van der Waals surface area (Å²) in [5.74, 6) is 0. The summed E-state index contributed by atoms with van der Waals surface area (Å²) in [6, 6.07) is 6.65. The number of nitrogens with one attached hydrogen (secondary N) is 1. The van der Waals surface area contributed by atoms with Crippen molar-refractivity contribution in [3.63, 3.8) is 0 Å². The van der Waals surface area contributed by atoms with Crippen molar-refractivity contribution in [3.05, 3.63) is 58.7 Å². The summed E-state index contributed by atoms with van der Waals surface area (Å²) in [7, 11) is 0. The molecule has 1 aromatic heterocycles. The Bertz CT molecular complexity index is 511. The lowest BCUT2D eigenvalue weighted by molar-refractivity contribution is -0.384. The number of non-ortho nitro benzene ring substituents is 1. The van der Waals surface area contributed by atoms with E-state index in [0.717, 1.165) is 18.7 Å².